The Labute approximate surface area is 118 Å². The molecule has 1 aromatic rings. The van der Waals surface area contributed by atoms with Gasteiger partial charge in [0.15, 0.2) is 0 Å². The third kappa shape index (κ3) is 5.61. The van der Waals surface area contributed by atoms with Crippen LogP contribution < -0.4 is 14.8 Å². The van der Waals surface area contributed by atoms with Crippen LogP contribution in [0.25, 0.3) is 0 Å². The maximum absolute atomic E-state index is 11.0. The highest BCUT2D eigenvalue weighted by Gasteiger charge is 2.07. The Kier molecular flexibility index (Phi) is 6.87. The molecule has 0 amide bonds. The first-order chi connectivity index (χ1) is 9.06. The summed E-state index contributed by atoms with van der Waals surface area (Å²) in [6, 6.07) is 6.12. The molecule has 0 saturated heterocycles. The molecule has 0 fully saturated rings. The summed E-state index contributed by atoms with van der Waals surface area (Å²) in [4.78, 5) is 0. The van der Waals surface area contributed by atoms with Crippen molar-refractivity contribution in [2.24, 2.45) is 0 Å². The standard InChI is InChI=1S/C14H23NO3S/c1-11(7-8-19(4)16)15-10-12-5-6-13(17-2)9-14(12)18-3/h5-6,9,11,15H,7-8,10H2,1-4H3. The first-order valence-corrected chi connectivity index (χ1v) is 8.03. The molecule has 1 N–H and O–H groups in total. The van der Waals surface area contributed by atoms with E-state index in [-0.39, 0.29) is 0 Å². The van der Waals surface area contributed by atoms with E-state index >= 15 is 0 Å². The first-order valence-electron chi connectivity index (χ1n) is 6.31. The van der Waals surface area contributed by atoms with E-state index in [9.17, 15) is 4.21 Å². The lowest BCUT2D eigenvalue weighted by Crippen LogP contribution is -2.27. The molecule has 4 nitrogen and oxygen atoms in total. The monoisotopic (exact) mass is 285 g/mol. The molecule has 0 aliphatic carbocycles. The number of benzene rings is 1. The number of nitrogens with one attached hydrogen (secondary N) is 1. The molecule has 2 atom stereocenters. The fourth-order valence-corrected chi connectivity index (χ4v) is 2.41. The lowest BCUT2D eigenvalue weighted by Gasteiger charge is -2.15. The molecule has 0 aliphatic rings. The molecule has 0 heterocycles. The van der Waals surface area contributed by atoms with Crippen LogP contribution in [0, 0.1) is 0 Å². The van der Waals surface area contributed by atoms with Crippen LogP contribution in [0.15, 0.2) is 18.2 Å². The number of rotatable bonds is 8. The average molecular weight is 285 g/mol. The summed E-state index contributed by atoms with van der Waals surface area (Å²) in [7, 11) is 2.57. The van der Waals surface area contributed by atoms with Crippen molar-refractivity contribution >= 4 is 10.8 Å². The zero-order chi connectivity index (χ0) is 14.3. The third-order valence-corrected chi connectivity index (χ3v) is 3.78. The van der Waals surface area contributed by atoms with Crippen LogP contribution in [-0.4, -0.2) is 36.5 Å². The summed E-state index contributed by atoms with van der Waals surface area (Å²) >= 11 is 0. The second kappa shape index (κ2) is 8.17. The molecular formula is C14H23NO3S. The molecule has 0 bridgehead atoms. The molecule has 0 radical (unpaired) electrons. The predicted molar refractivity (Wildman–Crippen MR) is 79.4 cm³/mol. The molecule has 0 spiro atoms. The second-order valence-corrected chi connectivity index (χ2v) is 6.08. The Morgan fingerprint density at radius 3 is 2.63 bits per heavy atom. The van der Waals surface area contributed by atoms with Crippen LogP contribution in [0.2, 0.25) is 0 Å². The van der Waals surface area contributed by atoms with E-state index in [0.29, 0.717) is 6.04 Å². The van der Waals surface area contributed by atoms with E-state index in [1.54, 1.807) is 20.5 Å². The van der Waals surface area contributed by atoms with Crippen molar-refractivity contribution in [2.75, 3.05) is 26.2 Å². The fraction of sp³-hybridized carbons (Fsp3) is 0.571. The van der Waals surface area contributed by atoms with Crippen molar-refractivity contribution in [1.82, 2.24) is 5.32 Å². The Balaban J connectivity index is 2.54. The molecule has 1 aromatic carbocycles. The van der Waals surface area contributed by atoms with Gasteiger partial charge in [0.05, 0.1) is 14.2 Å². The minimum Gasteiger partial charge on any atom is -0.497 e. The van der Waals surface area contributed by atoms with Crippen LogP contribution >= 0.6 is 0 Å². The summed E-state index contributed by atoms with van der Waals surface area (Å²) in [6.07, 6.45) is 2.64. The van der Waals surface area contributed by atoms with Gasteiger partial charge in [0.1, 0.15) is 11.5 Å². The van der Waals surface area contributed by atoms with Crippen LogP contribution in [0.1, 0.15) is 18.9 Å². The van der Waals surface area contributed by atoms with Crippen molar-refractivity contribution < 1.29 is 13.7 Å². The molecule has 1 rings (SSSR count). The van der Waals surface area contributed by atoms with Gasteiger partial charge < -0.3 is 14.8 Å². The maximum Gasteiger partial charge on any atom is 0.127 e. The summed E-state index contributed by atoms with van der Waals surface area (Å²) in [5.74, 6) is 2.33. The van der Waals surface area contributed by atoms with Gasteiger partial charge in [-0.15, -0.1) is 0 Å². The molecule has 2 unspecified atom stereocenters. The Morgan fingerprint density at radius 2 is 2.05 bits per heavy atom. The van der Waals surface area contributed by atoms with Gasteiger partial charge in [0, 0.05) is 47.0 Å². The number of methoxy groups -OCH3 is 2. The number of hydrogen-bond acceptors (Lipinski definition) is 4. The van der Waals surface area contributed by atoms with Gasteiger partial charge in [-0.2, -0.15) is 0 Å². The number of hydrogen-bond donors (Lipinski definition) is 1. The minimum absolute atomic E-state index is 0.329. The van der Waals surface area contributed by atoms with E-state index in [4.69, 9.17) is 9.47 Å². The van der Waals surface area contributed by atoms with Gasteiger partial charge in [0.25, 0.3) is 0 Å². The molecule has 0 saturated carbocycles. The van der Waals surface area contributed by atoms with E-state index in [0.717, 1.165) is 35.8 Å². The van der Waals surface area contributed by atoms with Crippen LogP contribution in [0.5, 0.6) is 11.5 Å². The van der Waals surface area contributed by atoms with Gasteiger partial charge in [-0.1, -0.05) is 6.07 Å². The van der Waals surface area contributed by atoms with Gasteiger partial charge in [0.2, 0.25) is 0 Å². The molecule has 0 aromatic heterocycles. The second-order valence-electron chi connectivity index (χ2n) is 4.53. The lowest BCUT2D eigenvalue weighted by atomic mass is 10.1. The molecule has 0 aliphatic heterocycles. The van der Waals surface area contributed by atoms with Gasteiger partial charge >= 0.3 is 0 Å². The lowest BCUT2D eigenvalue weighted by molar-refractivity contribution is 0.388. The Hall–Kier alpha value is -1.07. The zero-order valence-electron chi connectivity index (χ0n) is 12.1. The Morgan fingerprint density at radius 1 is 1.32 bits per heavy atom. The van der Waals surface area contributed by atoms with Crippen LogP contribution in [-0.2, 0) is 17.3 Å². The highest BCUT2D eigenvalue weighted by atomic mass is 32.2. The SMILES string of the molecule is COc1ccc(CNC(C)CCS(C)=O)c(OC)c1. The fourth-order valence-electron chi connectivity index (χ4n) is 1.73. The summed E-state index contributed by atoms with van der Waals surface area (Å²) in [6.45, 7) is 2.83. The molecule has 108 valence electrons. The minimum atomic E-state index is -0.726. The van der Waals surface area contributed by atoms with Crippen LogP contribution in [0.4, 0.5) is 0 Å². The van der Waals surface area contributed by atoms with E-state index in [1.165, 1.54) is 0 Å². The smallest absolute Gasteiger partial charge is 0.127 e. The van der Waals surface area contributed by atoms with E-state index < -0.39 is 10.8 Å². The molecular weight excluding hydrogens is 262 g/mol. The van der Waals surface area contributed by atoms with E-state index in [2.05, 4.69) is 12.2 Å². The normalized spacial score (nSPS) is 13.9. The van der Waals surface area contributed by atoms with Gasteiger partial charge in [-0.05, 0) is 19.4 Å². The zero-order valence-corrected chi connectivity index (χ0v) is 12.9. The molecule has 5 heteroatoms. The summed E-state index contributed by atoms with van der Waals surface area (Å²) in [5.41, 5.74) is 1.09. The van der Waals surface area contributed by atoms with Crippen LogP contribution in [0.3, 0.4) is 0 Å². The first kappa shape index (κ1) is 16.0. The maximum atomic E-state index is 11.0. The van der Waals surface area contributed by atoms with E-state index in [1.807, 2.05) is 18.2 Å². The highest BCUT2D eigenvalue weighted by Crippen LogP contribution is 2.24. The Bertz CT molecular complexity index is 423. The van der Waals surface area contributed by atoms with Crippen molar-refractivity contribution in [3.05, 3.63) is 23.8 Å². The quantitative estimate of drug-likeness (QED) is 0.793. The average Bonchev–Trinajstić information content (AvgIpc) is 2.42. The topological polar surface area (TPSA) is 47.6 Å². The largest absolute Gasteiger partial charge is 0.497 e. The van der Waals surface area contributed by atoms with Crippen molar-refractivity contribution in [2.45, 2.75) is 25.9 Å². The summed E-state index contributed by atoms with van der Waals surface area (Å²) in [5, 5.41) is 3.41. The van der Waals surface area contributed by atoms with Crippen molar-refractivity contribution in [3.63, 3.8) is 0 Å². The highest BCUT2D eigenvalue weighted by molar-refractivity contribution is 7.84. The van der Waals surface area contributed by atoms with Crippen molar-refractivity contribution in [3.8, 4) is 11.5 Å². The van der Waals surface area contributed by atoms with Crippen molar-refractivity contribution in [1.29, 1.82) is 0 Å². The third-order valence-electron chi connectivity index (χ3n) is 2.97. The van der Waals surface area contributed by atoms with Gasteiger partial charge in [-0.3, -0.25) is 4.21 Å². The van der Waals surface area contributed by atoms with Gasteiger partial charge in [-0.25, -0.2) is 0 Å². The summed E-state index contributed by atoms with van der Waals surface area (Å²) < 4.78 is 21.6. The predicted octanol–water partition coefficient (Wildman–Crippen LogP) is 1.95. The molecule has 19 heavy (non-hydrogen) atoms. The number of ether oxygens (including phenoxy) is 2.